The predicted octanol–water partition coefficient (Wildman–Crippen LogP) is 1.07. The Hall–Kier alpha value is -1.29. The zero-order valence-corrected chi connectivity index (χ0v) is 14.4. The first-order valence-corrected chi connectivity index (χ1v) is 9.26. The van der Waals surface area contributed by atoms with Crippen molar-refractivity contribution in [3.63, 3.8) is 0 Å². The molecule has 0 radical (unpaired) electrons. The number of nitrogens with zero attached hydrogens (tertiary/aromatic N) is 1. The van der Waals surface area contributed by atoms with Crippen LogP contribution in [0.15, 0.2) is 27.7 Å². The first kappa shape index (κ1) is 16.6. The van der Waals surface area contributed by atoms with E-state index in [1.54, 1.807) is 30.0 Å². The van der Waals surface area contributed by atoms with E-state index in [0.29, 0.717) is 26.5 Å². The number of amides is 2. The van der Waals surface area contributed by atoms with Crippen molar-refractivity contribution in [2.45, 2.75) is 12.1 Å². The van der Waals surface area contributed by atoms with Crippen LogP contribution in [0.1, 0.15) is 5.76 Å². The van der Waals surface area contributed by atoms with Gasteiger partial charge in [0.2, 0.25) is 5.91 Å². The second-order valence-corrected chi connectivity index (χ2v) is 7.81. The van der Waals surface area contributed by atoms with Gasteiger partial charge in [-0.1, -0.05) is 24.0 Å². The number of hydrogen-bond donors (Lipinski definition) is 2. The number of hydrogen-bond acceptors (Lipinski definition) is 7. The van der Waals surface area contributed by atoms with Crippen molar-refractivity contribution in [2.75, 3.05) is 18.1 Å². The van der Waals surface area contributed by atoms with E-state index >= 15 is 0 Å². The van der Waals surface area contributed by atoms with Crippen molar-refractivity contribution in [3.05, 3.63) is 29.1 Å². The molecule has 2 unspecified atom stereocenters. The zero-order valence-electron chi connectivity index (χ0n) is 11.9. The lowest BCUT2D eigenvalue weighted by Crippen LogP contribution is -2.47. The number of aliphatic hydroxyl groups is 1. The van der Waals surface area contributed by atoms with E-state index in [-0.39, 0.29) is 24.4 Å². The van der Waals surface area contributed by atoms with Crippen LogP contribution in [0.2, 0.25) is 0 Å². The summed E-state index contributed by atoms with van der Waals surface area (Å²) in [5, 5.41) is 12.5. The van der Waals surface area contributed by atoms with E-state index in [2.05, 4.69) is 5.32 Å². The van der Waals surface area contributed by atoms with Gasteiger partial charge in [-0.2, -0.15) is 11.8 Å². The Bertz CT molecular complexity index is 659. The van der Waals surface area contributed by atoms with Crippen LogP contribution in [0.3, 0.4) is 0 Å². The van der Waals surface area contributed by atoms with Crippen LogP contribution >= 0.6 is 35.7 Å². The molecule has 3 rings (SSSR count). The Morgan fingerprint density at radius 3 is 3.04 bits per heavy atom. The van der Waals surface area contributed by atoms with Crippen LogP contribution in [-0.4, -0.2) is 56.3 Å². The summed E-state index contributed by atoms with van der Waals surface area (Å²) < 4.78 is 5.52. The van der Waals surface area contributed by atoms with Crippen molar-refractivity contribution < 1.29 is 19.1 Å². The van der Waals surface area contributed by atoms with Gasteiger partial charge in [-0.3, -0.25) is 14.5 Å². The highest BCUT2D eigenvalue weighted by molar-refractivity contribution is 8.26. The molecular weight excluding hydrogens is 356 g/mol. The molecule has 23 heavy (non-hydrogen) atoms. The third-order valence-electron chi connectivity index (χ3n) is 3.39. The van der Waals surface area contributed by atoms with Gasteiger partial charge in [0, 0.05) is 17.6 Å². The van der Waals surface area contributed by atoms with Crippen molar-refractivity contribution in [2.24, 2.45) is 0 Å². The largest absolute Gasteiger partial charge is 0.465 e. The highest BCUT2D eigenvalue weighted by Gasteiger charge is 2.35. The lowest BCUT2D eigenvalue weighted by Gasteiger charge is -2.18. The molecule has 0 saturated carbocycles. The van der Waals surface area contributed by atoms with Crippen LogP contribution < -0.4 is 5.32 Å². The first-order valence-electron chi connectivity index (χ1n) is 6.88. The number of rotatable bonds is 4. The summed E-state index contributed by atoms with van der Waals surface area (Å²) in [6, 6.07) is 3.19. The van der Waals surface area contributed by atoms with Crippen LogP contribution in [0, 0.1) is 0 Å². The second-order valence-electron chi connectivity index (χ2n) is 5.06. The van der Waals surface area contributed by atoms with Gasteiger partial charge in [-0.05, 0) is 12.1 Å². The normalized spacial score (nSPS) is 26.3. The molecule has 2 atom stereocenters. The van der Waals surface area contributed by atoms with E-state index < -0.39 is 6.10 Å². The van der Waals surface area contributed by atoms with Crippen LogP contribution in [-0.2, 0) is 9.59 Å². The molecule has 2 aliphatic heterocycles. The SMILES string of the molecule is O=C(CN1C(=O)C(=Cc2ccco2)SC1=S)NC1CSCC1O. The highest BCUT2D eigenvalue weighted by Crippen LogP contribution is 2.32. The minimum Gasteiger partial charge on any atom is -0.465 e. The topological polar surface area (TPSA) is 82.8 Å². The first-order chi connectivity index (χ1) is 11.0. The lowest BCUT2D eigenvalue weighted by molar-refractivity contribution is -0.129. The number of aliphatic hydroxyl groups excluding tert-OH is 1. The van der Waals surface area contributed by atoms with Gasteiger partial charge in [-0.15, -0.1) is 0 Å². The number of nitrogens with one attached hydrogen (secondary N) is 1. The summed E-state index contributed by atoms with van der Waals surface area (Å²) in [7, 11) is 0. The Morgan fingerprint density at radius 2 is 2.39 bits per heavy atom. The average Bonchev–Trinajstić information content (AvgIpc) is 3.20. The molecule has 0 bridgehead atoms. The quantitative estimate of drug-likeness (QED) is 0.606. The minimum absolute atomic E-state index is 0.145. The number of carbonyl (C=O) groups is 2. The van der Waals surface area contributed by atoms with Gasteiger partial charge in [0.05, 0.1) is 23.3 Å². The maximum Gasteiger partial charge on any atom is 0.266 e. The van der Waals surface area contributed by atoms with Gasteiger partial charge < -0.3 is 14.8 Å². The molecule has 1 aromatic heterocycles. The van der Waals surface area contributed by atoms with Gasteiger partial charge >= 0.3 is 0 Å². The molecule has 2 saturated heterocycles. The summed E-state index contributed by atoms with van der Waals surface area (Å²) >= 11 is 7.90. The predicted molar refractivity (Wildman–Crippen MR) is 93.8 cm³/mol. The Morgan fingerprint density at radius 1 is 1.57 bits per heavy atom. The van der Waals surface area contributed by atoms with E-state index in [1.807, 2.05) is 0 Å². The monoisotopic (exact) mass is 370 g/mol. The van der Waals surface area contributed by atoms with Gasteiger partial charge in [0.1, 0.15) is 16.6 Å². The molecule has 0 spiro atoms. The number of furan rings is 1. The number of thiocarbonyl (C=S) groups is 1. The summed E-state index contributed by atoms with van der Waals surface area (Å²) in [6.45, 7) is -0.145. The molecule has 122 valence electrons. The Balaban J connectivity index is 1.62. The molecule has 6 nitrogen and oxygen atoms in total. The average molecular weight is 370 g/mol. The Labute approximate surface area is 146 Å². The van der Waals surface area contributed by atoms with E-state index in [0.717, 1.165) is 11.8 Å². The number of thioether (sulfide) groups is 2. The van der Waals surface area contributed by atoms with Crippen LogP contribution in [0.4, 0.5) is 0 Å². The van der Waals surface area contributed by atoms with Gasteiger partial charge in [0.15, 0.2) is 0 Å². The fraction of sp³-hybridized carbons (Fsp3) is 0.357. The van der Waals surface area contributed by atoms with E-state index in [1.165, 1.54) is 11.2 Å². The molecule has 0 aromatic carbocycles. The van der Waals surface area contributed by atoms with Crippen molar-refractivity contribution in [1.29, 1.82) is 0 Å². The molecule has 1 aromatic rings. The van der Waals surface area contributed by atoms with E-state index in [9.17, 15) is 14.7 Å². The fourth-order valence-corrected chi connectivity index (χ4v) is 4.62. The molecule has 2 aliphatic rings. The van der Waals surface area contributed by atoms with Gasteiger partial charge in [0.25, 0.3) is 5.91 Å². The fourth-order valence-electron chi connectivity index (χ4n) is 2.22. The van der Waals surface area contributed by atoms with Crippen molar-refractivity contribution >= 4 is 58.0 Å². The molecule has 2 amide bonds. The smallest absolute Gasteiger partial charge is 0.266 e. The van der Waals surface area contributed by atoms with Crippen LogP contribution in [0.5, 0.6) is 0 Å². The standard InChI is InChI=1S/C14H14N2O4S3/c17-10-7-22-6-9(10)15-12(18)5-16-13(19)11(23-14(16)21)4-8-2-1-3-20-8/h1-4,9-10,17H,5-7H2,(H,15,18). The maximum absolute atomic E-state index is 12.4. The second kappa shape index (κ2) is 7.08. The molecular formula is C14H14N2O4S3. The Kier molecular flexibility index (Phi) is 5.10. The third-order valence-corrected chi connectivity index (χ3v) is 5.94. The zero-order chi connectivity index (χ0) is 16.4. The summed E-state index contributed by atoms with van der Waals surface area (Å²) in [5.74, 6) is 1.20. The van der Waals surface area contributed by atoms with Crippen molar-refractivity contribution in [1.82, 2.24) is 10.2 Å². The van der Waals surface area contributed by atoms with Gasteiger partial charge in [-0.25, -0.2) is 0 Å². The van der Waals surface area contributed by atoms with Crippen LogP contribution in [0.25, 0.3) is 6.08 Å². The molecule has 2 fully saturated rings. The molecule has 9 heteroatoms. The maximum atomic E-state index is 12.4. The summed E-state index contributed by atoms with van der Waals surface area (Å²) in [6.07, 6.45) is 2.58. The summed E-state index contributed by atoms with van der Waals surface area (Å²) in [4.78, 5) is 26.1. The minimum atomic E-state index is -0.547. The summed E-state index contributed by atoms with van der Waals surface area (Å²) in [5.41, 5.74) is 0. The number of carbonyl (C=O) groups excluding carboxylic acids is 2. The lowest BCUT2D eigenvalue weighted by atomic mass is 10.2. The molecule has 2 N–H and O–H groups in total. The molecule has 3 heterocycles. The third kappa shape index (κ3) is 3.79. The molecule has 0 aliphatic carbocycles. The van der Waals surface area contributed by atoms with Crippen molar-refractivity contribution in [3.8, 4) is 0 Å². The highest BCUT2D eigenvalue weighted by atomic mass is 32.2. The van der Waals surface area contributed by atoms with E-state index in [4.69, 9.17) is 16.6 Å².